The molecule has 3 heterocycles. The summed E-state index contributed by atoms with van der Waals surface area (Å²) in [6.07, 6.45) is 4.67. The first-order valence-corrected chi connectivity index (χ1v) is 8.03. The normalized spacial score (nSPS) is 24.0. The molecule has 1 unspecified atom stereocenters. The van der Waals surface area contributed by atoms with Gasteiger partial charge in [-0.05, 0) is 44.8 Å². The highest BCUT2D eigenvalue weighted by Gasteiger charge is 2.28. The standard InChI is InChI=1S/C15H24N4O2/c1-2-18-6-3-11(4-7-18)9-13-16-17-14-10-12(15(20)21)5-8-19(13)14/h11-12H,2-10H2,1H3,(H,20,21). The third kappa shape index (κ3) is 3.10. The van der Waals surface area contributed by atoms with Crippen LogP contribution in [-0.2, 0) is 24.2 Å². The maximum atomic E-state index is 11.1. The number of nitrogens with zero attached hydrogens (tertiary/aromatic N) is 4. The summed E-state index contributed by atoms with van der Waals surface area (Å²) in [5, 5.41) is 17.7. The predicted octanol–water partition coefficient (Wildman–Crippen LogP) is 1.20. The molecule has 0 bridgehead atoms. The smallest absolute Gasteiger partial charge is 0.307 e. The number of carboxylic acid groups (broad SMARTS) is 1. The Kier molecular flexibility index (Phi) is 4.24. The lowest BCUT2D eigenvalue weighted by atomic mass is 9.92. The fourth-order valence-corrected chi connectivity index (χ4v) is 3.52. The summed E-state index contributed by atoms with van der Waals surface area (Å²) in [6, 6.07) is 0. The monoisotopic (exact) mass is 292 g/mol. The van der Waals surface area contributed by atoms with Gasteiger partial charge in [-0.15, -0.1) is 10.2 Å². The first-order valence-electron chi connectivity index (χ1n) is 8.03. The van der Waals surface area contributed by atoms with Gasteiger partial charge in [0.15, 0.2) is 0 Å². The van der Waals surface area contributed by atoms with E-state index in [1.807, 2.05) is 0 Å². The number of piperidine rings is 1. The molecule has 0 spiro atoms. The quantitative estimate of drug-likeness (QED) is 0.903. The Morgan fingerprint density at radius 1 is 1.24 bits per heavy atom. The van der Waals surface area contributed by atoms with Crippen LogP contribution >= 0.6 is 0 Å². The first kappa shape index (κ1) is 14.5. The minimum Gasteiger partial charge on any atom is -0.481 e. The molecule has 1 saturated heterocycles. The van der Waals surface area contributed by atoms with Gasteiger partial charge in [0.05, 0.1) is 5.92 Å². The first-order chi connectivity index (χ1) is 10.2. The van der Waals surface area contributed by atoms with Crippen LogP contribution in [0.4, 0.5) is 0 Å². The van der Waals surface area contributed by atoms with Crippen molar-refractivity contribution >= 4 is 5.97 Å². The highest BCUT2D eigenvalue weighted by molar-refractivity contribution is 5.70. The zero-order valence-corrected chi connectivity index (χ0v) is 12.7. The second-order valence-electron chi connectivity index (χ2n) is 6.29. The fourth-order valence-electron chi connectivity index (χ4n) is 3.52. The Labute approximate surface area is 125 Å². The summed E-state index contributed by atoms with van der Waals surface area (Å²) in [7, 11) is 0. The molecule has 3 rings (SSSR count). The van der Waals surface area contributed by atoms with Crippen molar-refractivity contribution in [2.75, 3.05) is 19.6 Å². The topological polar surface area (TPSA) is 71.2 Å². The van der Waals surface area contributed by atoms with Gasteiger partial charge >= 0.3 is 5.97 Å². The molecule has 0 saturated carbocycles. The second kappa shape index (κ2) is 6.13. The largest absolute Gasteiger partial charge is 0.481 e. The Bertz CT molecular complexity index is 506. The molecule has 2 aliphatic heterocycles. The van der Waals surface area contributed by atoms with Crippen LogP contribution < -0.4 is 0 Å². The van der Waals surface area contributed by atoms with Gasteiger partial charge in [-0.25, -0.2) is 0 Å². The molecule has 0 radical (unpaired) electrons. The summed E-state index contributed by atoms with van der Waals surface area (Å²) < 4.78 is 2.16. The summed E-state index contributed by atoms with van der Waals surface area (Å²) in [4.78, 5) is 13.6. The maximum Gasteiger partial charge on any atom is 0.307 e. The number of likely N-dealkylation sites (tertiary alicyclic amines) is 1. The molecule has 0 aromatic carbocycles. The summed E-state index contributed by atoms with van der Waals surface area (Å²) in [5.74, 6) is 1.61. The fraction of sp³-hybridized carbons (Fsp3) is 0.800. The maximum absolute atomic E-state index is 11.1. The number of aliphatic carboxylic acids is 1. The minimum atomic E-state index is -0.710. The molecule has 1 aromatic rings. The lowest BCUT2D eigenvalue weighted by Gasteiger charge is -2.31. The van der Waals surface area contributed by atoms with E-state index in [2.05, 4.69) is 26.6 Å². The molecule has 1 atom stereocenters. The Hall–Kier alpha value is -1.43. The predicted molar refractivity (Wildman–Crippen MR) is 78.0 cm³/mol. The van der Waals surface area contributed by atoms with E-state index < -0.39 is 5.97 Å². The van der Waals surface area contributed by atoms with E-state index >= 15 is 0 Å². The molecule has 1 fully saturated rings. The van der Waals surface area contributed by atoms with Gasteiger partial charge in [0.2, 0.25) is 0 Å². The number of rotatable bonds is 4. The van der Waals surface area contributed by atoms with E-state index in [4.69, 9.17) is 5.11 Å². The van der Waals surface area contributed by atoms with Crippen molar-refractivity contribution in [1.82, 2.24) is 19.7 Å². The van der Waals surface area contributed by atoms with Gasteiger partial charge in [0, 0.05) is 19.4 Å². The van der Waals surface area contributed by atoms with Crippen LogP contribution in [-0.4, -0.2) is 50.4 Å². The van der Waals surface area contributed by atoms with Crippen molar-refractivity contribution < 1.29 is 9.90 Å². The van der Waals surface area contributed by atoms with Crippen LogP contribution in [0.3, 0.4) is 0 Å². The molecular formula is C15H24N4O2. The summed E-state index contributed by atoms with van der Waals surface area (Å²) in [5.41, 5.74) is 0. The van der Waals surface area contributed by atoms with Gasteiger partial charge < -0.3 is 14.6 Å². The molecule has 1 aromatic heterocycles. The van der Waals surface area contributed by atoms with Crippen LogP contribution in [0.1, 0.15) is 37.8 Å². The number of fused-ring (bicyclic) bond motifs is 1. The van der Waals surface area contributed by atoms with Gasteiger partial charge in [-0.1, -0.05) is 6.92 Å². The Balaban J connectivity index is 1.62. The molecule has 2 aliphatic rings. The zero-order valence-electron chi connectivity index (χ0n) is 12.7. The van der Waals surface area contributed by atoms with Crippen LogP contribution in [0.2, 0.25) is 0 Å². The number of hydrogen-bond donors (Lipinski definition) is 1. The average Bonchev–Trinajstić information content (AvgIpc) is 2.90. The Morgan fingerprint density at radius 3 is 2.67 bits per heavy atom. The number of carbonyl (C=O) groups is 1. The van der Waals surface area contributed by atoms with Gasteiger partial charge in [0.1, 0.15) is 11.6 Å². The van der Waals surface area contributed by atoms with Crippen molar-refractivity contribution in [1.29, 1.82) is 0 Å². The molecule has 6 nitrogen and oxygen atoms in total. The highest BCUT2D eigenvalue weighted by Crippen LogP contribution is 2.25. The molecule has 6 heteroatoms. The third-order valence-electron chi connectivity index (χ3n) is 5.01. The van der Waals surface area contributed by atoms with Crippen molar-refractivity contribution in [3.05, 3.63) is 11.6 Å². The van der Waals surface area contributed by atoms with Crippen LogP contribution in [0, 0.1) is 11.8 Å². The molecule has 0 aliphatic carbocycles. The molecule has 116 valence electrons. The Morgan fingerprint density at radius 2 is 2.00 bits per heavy atom. The van der Waals surface area contributed by atoms with E-state index in [1.165, 1.54) is 25.9 Å². The SMILES string of the molecule is CCN1CCC(Cc2nnc3n2CCC(C(=O)O)C3)CC1. The van der Waals surface area contributed by atoms with Crippen LogP contribution in [0.25, 0.3) is 0 Å². The van der Waals surface area contributed by atoms with Crippen LogP contribution in [0.5, 0.6) is 0 Å². The second-order valence-corrected chi connectivity index (χ2v) is 6.29. The average molecular weight is 292 g/mol. The van der Waals surface area contributed by atoms with Crippen molar-refractivity contribution in [3.63, 3.8) is 0 Å². The summed E-state index contributed by atoms with van der Waals surface area (Å²) in [6.45, 7) is 6.48. The zero-order chi connectivity index (χ0) is 14.8. The number of aromatic nitrogens is 3. The van der Waals surface area contributed by atoms with Crippen molar-refractivity contribution in [2.45, 2.75) is 45.6 Å². The number of hydrogen-bond acceptors (Lipinski definition) is 4. The third-order valence-corrected chi connectivity index (χ3v) is 5.01. The van der Waals surface area contributed by atoms with Gasteiger partial charge in [-0.2, -0.15) is 0 Å². The molecule has 1 N–H and O–H groups in total. The van der Waals surface area contributed by atoms with Crippen LogP contribution in [0.15, 0.2) is 0 Å². The van der Waals surface area contributed by atoms with Crippen molar-refractivity contribution in [2.24, 2.45) is 11.8 Å². The van der Waals surface area contributed by atoms with E-state index in [0.717, 1.165) is 31.2 Å². The van der Waals surface area contributed by atoms with Gasteiger partial charge in [-0.3, -0.25) is 4.79 Å². The molecule has 0 amide bonds. The van der Waals surface area contributed by atoms with E-state index in [9.17, 15) is 4.79 Å². The highest BCUT2D eigenvalue weighted by atomic mass is 16.4. The van der Waals surface area contributed by atoms with E-state index in [1.54, 1.807) is 0 Å². The van der Waals surface area contributed by atoms with Gasteiger partial charge in [0.25, 0.3) is 0 Å². The lowest BCUT2D eigenvalue weighted by molar-refractivity contribution is -0.142. The lowest BCUT2D eigenvalue weighted by Crippen LogP contribution is -2.34. The van der Waals surface area contributed by atoms with Crippen molar-refractivity contribution in [3.8, 4) is 0 Å². The summed E-state index contributed by atoms with van der Waals surface area (Å²) >= 11 is 0. The van der Waals surface area contributed by atoms with E-state index in [0.29, 0.717) is 18.8 Å². The van der Waals surface area contributed by atoms with E-state index in [-0.39, 0.29) is 5.92 Å². The molecular weight excluding hydrogens is 268 g/mol. The molecule has 21 heavy (non-hydrogen) atoms. The minimum absolute atomic E-state index is 0.289. The number of carboxylic acids is 1.